The highest BCUT2D eigenvalue weighted by molar-refractivity contribution is 6.42. The van der Waals surface area contributed by atoms with Crippen molar-refractivity contribution in [2.45, 2.75) is 6.36 Å². The number of hydrogen-bond donors (Lipinski definition) is 0. The average molecular weight is 230 g/mol. The van der Waals surface area contributed by atoms with Crippen molar-refractivity contribution < 1.29 is 17.9 Å². The second-order valence-electron chi connectivity index (χ2n) is 2.04. The van der Waals surface area contributed by atoms with Gasteiger partial charge in [-0.15, -0.1) is 13.2 Å². The van der Waals surface area contributed by atoms with Gasteiger partial charge in [0.05, 0.1) is 10.0 Å². The third kappa shape index (κ3) is 3.32. The molecule has 71 valence electrons. The maximum atomic E-state index is 11.7. The summed E-state index contributed by atoms with van der Waals surface area (Å²) in [5.74, 6) is -0.512. The van der Waals surface area contributed by atoms with Crippen LogP contribution in [0.4, 0.5) is 13.2 Å². The van der Waals surface area contributed by atoms with Crippen molar-refractivity contribution >= 4 is 23.2 Å². The van der Waals surface area contributed by atoms with E-state index in [1.165, 1.54) is 0 Å². The zero-order valence-corrected chi connectivity index (χ0v) is 7.46. The molecule has 1 rings (SSSR count). The topological polar surface area (TPSA) is 9.23 Å². The molecule has 0 fully saturated rings. The third-order valence-electron chi connectivity index (χ3n) is 1.05. The van der Waals surface area contributed by atoms with E-state index in [4.69, 9.17) is 23.2 Å². The molecule has 0 N–H and O–H groups in total. The van der Waals surface area contributed by atoms with Crippen LogP contribution in [0.3, 0.4) is 0 Å². The van der Waals surface area contributed by atoms with Gasteiger partial charge in [-0.05, 0) is 6.07 Å². The highest BCUT2D eigenvalue weighted by Crippen LogP contribution is 2.29. The van der Waals surface area contributed by atoms with Crippen molar-refractivity contribution in [2.24, 2.45) is 0 Å². The van der Waals surface area contributed by atoms with Crippen LogP contribution in [0.25, 0.3) is 0 Å². The van der Waals surface area contributed by atoms with Gasteiger partial charge in [0, 0.05) is 12.1 Å². The molecule has 0 bridgehead atoms. The largest absolute Gasteiger partial charge is 0.573 e. The van der Waals surface area contributed by atoms with E-state index in [9.17, 15) is 13.2 Å². The summed E-state index contributed by atoms with van der Waals surface area (Å²) < 4.78 is 38.5. The Morgan fingerprint density at radius 3 is 2.31 bits per heavy atom. The van der Waals surface area contributed by atoms with Crippen molar-refractivity contribution in [3.05, 3.63) is 28.2 Å². The lowest BCUT2D eigenvalue weighted by Crippen LogP contribution is -2.17. The van der Waals surface area contributed by atoms with Crippen LogP contribution in [0.15, 0.2) is 12.1 Å². The summed E-state index contributed by atoms with van der Waals surface area (Å²) in [5, 5.41) is 0.107. The number of hydrogen-bond acceptors (Lipinski definition) is 1. The molecule has 1 nitrogen and oxygen atoms in total. The molecule has 0 unspecified atom stereocenters. The van der Waals surface area contributed by atoms with Crippen LogP contribution in [0.1, 0.15) is 0 Å². The summed E-state index contributed by atoms with van der Waals surface area (Å²) in [5.41, 5.74) is 0. The molecular formula is C7H2Cl2F3O. The van der Waals surface area contributed by atoms with Crippen LogP contribution in [0.2, 0.25) is 10.0 Å². The van der Waals surface area contributed by atoms with E-state index < -0.39 is 12.1 Å². The molecule has 0 aliphatic rings. The zero-order valence-electron chi connectivity index (χ0n) is 5.95. The number of ether oxygens (including phenoxy) is 1. The highest BCUT2D eigenvalue weighted by atomic mass is 35.5. The lowest BCUT2D eigenvalue weighted by Gasteiger charge is -2.08. The van der Waals surface area contributed by atoms with Crippen LogP contribution in [-0.4, -0.2) is 6.36 Å². The van der Waals surface area contributed by atoms with Crippen molar-refractivity contribution in [3.8, 4) is 5.75 Å². The summed E-state index contributed by atoms with van der Waals surface area (Å²) in [6.45, 7) is 0. The summed E-state index contributed by atoms with van der Waals surface area (Å²) in [7, 11) is 0. The summed E-state index contributed by atoms with van der Waals surface area (Å²) in [6, 6.07) is 4.22. The SMILES string of the molecule is FC(F)(F)Oc1[c]cc(Cl)c(Cl)c1. The molecule has 0 heterocycles. The second kappa shape index (κ2) is 3.64. The van der Waals surface area contributed by atoms with E-state index in [1.807, 2.05) is 0 Å². The highest BCUT2D eigenvalue weighted by Gasteiger charge is 2.31. The fourth-order valence-corrected chi connectivity index (χ4v) is 0.876. The Balaban J connectivity index is 2.86. The first-order valence-electron chi connectivity index (χ1n) is 3.01. The van der Waals surface area contributed by atoms with Crippen LogP contribution >= 0.6 is 23.2 Å². The second-order valence-corrected chi connectivity index (χ2v) is 2.86. The molecule has 0 atom stereocenters. The molecule has 1 aromatic rings. The van der Waals surface area contributed by atoms with E-state index in [0.717, 1.165) is 12.1 Å². The standard InChI is InChI=1S/C7H2Cl2F3O/c8-5-2-1-4(3-6(5)9)13-7(10,11)12/h2-3H. The van der Waals surface area contributed by atoms with Crippen LogP contribution in [-0.2, 0) is 0 Å². The van der Waals surface area contributed by atoms with Gasteiger partial charge in [0.15, 0.2) is 0 Å². The van der Waals surface area contributed by atoms with Gasteiger partial charge in [-0.2, -0.15) is 0 Å². The van der Waals surface area contributed by atoms with Gasteiger partial charge >= 0.3 is 6.36 Å². The van der Waals surface area contributed by atoms with E-state index in [2.05, 4.69) is 10.8 Å². The molecular weight excluding hydrogens is 228 g/mol. The molecule has 0 amide bonds. The van der Waals surface area contributed by atoms with Gasteiger partial charge in [0.2, 0.25) is 0 Å². The minimum Gasteiger partial charge on any atom is -0.405 e. The molecule has 6 heteroatoms. The average Bonchev–Trinajstić information content (AvgIpc) is 1.94. The molecule has 13 heavy (non-hydrogen) atoms. The normalized spacial score (nSPS) is 11.5. The van der Waals surface area contributed by atoms with Gasteiger partial charge in [-0.1, -0.05) is 23.2 Å². The number of benzene rings is 1. The monoisotopic (exact) mass is 229 g/mol. The fraction of sp³-hybridized carbons (Fsp3) is 0.143. The van der Waals surface area contributed by atoms with Gasteiger partial charge in [0.1, 0.15) is 5.75 Å². The Kier molecular flexibility index (Phi) is 2.93. The van der Waals surface area contributed by atoms with E-state index >= 15 is 0 Å². The lowest BCUT2D eigenvalue weighted by molar-refractivity contribution is -0.274. The zero-order chi connectivity index (χ0) is 10.1. The van der Waals surface area contributed by atoms with Crippen molar-refractivity contribution in [1.29, 1.82) is 0 Å². The van der Waals surface area contributed by atoms with E-state index in [-0.39, 0.29) is 10.0 Å². The van der Waals surface area contributed by atoms with E-state index in [0.29, 0.717) is 0 Å². The Bertz CT molecular complexity index is 311. The van der Waals surface area contributed by atoms with E-state index in [1.54, 1.807) is 0 Å². The minimum atomic E-state index is -4.74. The Morgan fingerprint density at radius 1 is 1.23 bits per heavy atom. The van der Waals surface area contributed by atoms with Gasteiger partial charge in [0.25, 0.3) is 0 Å². The molecule has 1 radical (unpaired) electrons. The molecule has 0 saturated heterocycles. The van der Waals surface area contributed by atoms with Gasteiger partial charge < -0.3 is 4.74 Å². The first-order valence-corrected chi connectivity index (χ1v) is 3.76. The van der Waals surface area contributed by atoms with Crippen molar-refractivity contribution in [1.82, 2.24) is 0 Å². The Labute approximate surface area is 82.0 Å². The Hall–Kier alpha value is -0.610. The van der Waals surface area contributed by atoms with Crippen molar-refractivity contribution in [3.63, 3.8) is 0 Å². The fourth-order valence-electron chi connectivity index (χ4n) is 0.613. The first-order chi connectivity index (χ1) is 5.88. The van der Waals surface area contributed by atoms with Crippen LogP contribution < -0.4 is 4.74 Å². The quantitative estimate of drug-likeness (QED) is 0.714. The van der Waals surface area contributed by atoms with Crippen molar-refractivity contribution in [2.75, 3.05) is 0 Å². The summed E-state index contributed by atoms with van der Waals surface area (Å²) in [4.78, 5) is 0. The maximum Gasteiger partial charge on any atom is 0.573 e. The summed E-state index contributed by atoms with van der Waals surface area (Å²) >= 11 is 10.9. The lowest BCUT2D eigenvalue weighted by atomic mass is 10.3. The third-order valence-corrected chi connectivity index (χ3v) is 1.77. The molecule has 0 saturated carbocycles. The predicted molar refractivity (Wildman–Crippen MR) is 42.0 cm³/mol. The van der Waals surface area contributed by atoms with Gasteiger partial charge in [-0.3, -0.25) is 0 Å². The summed E-state index contributed by atoms with van der Waals surface area (Å²) in [6.07, 6.45) is -4.74. The predicted octanol–water partition coefficient (Wildman–Crippen LogP) is 3.69. The smallest absolute Gasteiger partial charge is 0.405 e. The molecule has 0 spiro atoms. The molecule has 0 aliphatic carbocycles. The van der Waals surface area contributed by atoms with Crippen LogP contribution in [0.5, 0.6) is 5.75 Å². The molecule has 0 aromatic heterocycles. The minimum absolute atomic E-state index is 0.0142. The first kappa shape index (κ1) is 10.5. The Morgan fingerprint density at radius 2 is 1.85 bits per heavy atom. The van der Waals surface area contributed by atoms with Crippen LogP contribution in [0, 0.1) is 6.07 Å². The van der Waals surface area contributed by atoms with Gasteiger partial charge in [-0.25, -0.2) is 0 Å². The maximum absolute atomic E-state index is 11.7. The molecule has 1 aromatic carbocycles. The number of halogens is 5. The number of alkyl halides is 3. The molecule has 0 aliphatic heterocycles. The number of rotatable bonds is 1.